The molecule has 0 saturated heterocycles. The van der Waals surface area contributed by atoms with Crippen molar-refractivity contribution in [2.24, 2.45) is 0 Å². The van der Waals surface area contributed by atoms with Gasteiger partial charge in [0.1, 0.15) is 6.04 Å². The number of carbonyl (C=O) groups excluding carboxylic acids is 3. The highest BCUT2D eigenvalue weighted by molar-refractivity contribution is 5.97. The van der Waals surface area contributed by atoms with E-state index in [9.17, 15) is 19.5 Å². The van der Waals surface area contributed by atoms with Gasteiger partial charge in [-0.05, 0) is 55.5 Å². The predicted octanol–water partition coefficient (Wildman–Crippen LogP) is 0.246. The van der Waals surface area contributed by atoms with E-state index in [2.05, 4.69) is 27.8 Å². The molecule has 0 aliphatic carbocycles. The Labute approximate surface area is 197 Å². The van der Waals surface area contributed by atoms with Gasteiger partial charge in [-0.15, -0.1) is 0 Å². The zero-order chi connectivity index (χ0) is 24.9. The minimum absolute atomic E-state index is 0.157. The highest BCUT2D eigenvalue weighted by atomic mass is 16.5. The molecule has 180 valence electrons. The van der Waals surface area contributed by atoms with Crippen LogP contribution in [0, 0.1) is 11.8 Å². The van der Waals surface area contributed by atoms with E-state index in [1.54, 1.807) is 43.5 Å². The molecule has 2 aromatic rings. The molecule has 0 spiro atoms. The zero-order valence-corrected chi connectivity index (χ0v) is 18.9. The molecular weight excluding hydrogens is 440 g/mol. The molecule has 0 radical (unpaired) electrons. The number of anilines is 1. The van der Waals surface area contributed by atoms with Crippen LogP contribution in [-0.2, 0) is 14.3 Å². The van der Waals surface area contributed by atoms with Crippen LogP contribution >= 0.6 is 0 Å². The first-order chi connectivity index (χ1) is 16.3. The van der Waals surface area contributed by atoms with Crippen LogP contribution in [0.3, 0.4) is 0 Å². The van der Waals surface area contributed by atoms with Gasteiger partial charge in [0.25, 0.3) is 11.8 Å². The molecular formula is C24H28N4O6. The Hall–Kier alpha value is -3.75. The van der Waals surface area contributed by atoms with Crippen molar-refractivity contribution < 1.29 is 29.4 Å². The lowest BCUT2D eigenvalue weighted by Crippen LogP contribution is -2.51. The normalized spacial score (nSPS) is 12.0. The number of ether oxygens (including phenoxy) is 1. The minimum Gasteiger partial charge on any atom is -0.391 e. The largest absolute Gasteiger partial charge is 0.391 e. The van der Waals surface area contributed by atoms with Gasteiger partial charge in [-0.1, -0.05) is 11.8 Å². The van der Waals surface area contributed by atoms with Crippen LogP contribution < -0.4 is 21.4 Å². The molecule has 2 rings (SSSR count). The number of hydrogen-bond acceptors (Lipinski definition) is 7. The van der Waals surface area contributed by atoms with Gasteiger partial charge in [-0.3, -0.25) is 19.6 Å². The van der Waals surface area contributed by atoms with Gasteiger partial charge >= 0.3 is 0 Å². The summed E-state index contributed by atoms with van der Waals surface area (Å²) < 4.78 is 4.91. The fourth-order valence-corrected chi connectivity index (χ4v) is 2.77. The Morgan fingerprint density at radius 1 is 1.00 bits per heavy atom. The highest BCUT2D eigenvalue weighted by Gasteiger charge is 2.25. The number of benzene rings is 2. The Balaban J connectivity index is 1.93. The van der Waals surface area contributed by atoms with Crippen molar-refractivity contribution in [3.63, 3.8) is 0 Å². The lowest BCUT2D eigenvalue weighted by Gasteiger charge is -2.19. The SMILES string of the molecule is COCCNCC(=O)Nc1ccc(C#Cc2ccc(C(=O)N[C@H](C(=O)NO)[C@@H](C)O)cc2)cc1. The molecule has 0 unspecified atom stereocenters. The molecule has 0 aliphatic heterocycles. The molecule has 0 saturated carbocycles. The quantitative estimate of drug-likeness (QED) is 0.127. The lowest BCUT2D eigenvalue weighted by molar-refractivity contribution is -0.133. The highest BCUT2D eigenvalue weighted by Crippen LogP contribution is 2.09. The van der Waals surface area contributed by atoms with Gasteiger partial charge in [0, 0.05) is 36.0 Å². The zero-order valence-electron chi connectivity index (χ0n) is 18.9. The third kappa shape index (κ3) is 8.65. The van der Waals surface area contributed by atoms with Crippen molar-refractivity contribution >= 4 is 23.4 Å². The molecule has 2 aromatic carbocycles. The molecule has 10 nitrogen and oxygen atoms in total. The summed E-state index contributed by atoms with van der Waals surface area (Å²) in [6.45, 7) is 2.63. The Morgan fingerprint density at radius 3 is 2.12 bits per heavy atom. The van der Waals surface area contributed by atoms with E-state index in [0.29, 0.717) is 24.4 Å². The molecule has 10 heteroatoms. The summed E-state index contributed by atoms with van der Waals surface area (Å²) in [5.41, 5.74) is 3.74. The van der Waals surface area contributed by atoms with Crippen molar-refractivity contribution in [3.8, 4) is 11.8 Å². The number of hydroxylamine groups is 1. The number of nitrogens with one attached hydrogen (secondary N) is 4. The van der Waals surface area contributed by atoms with Crippen LogP contribution in [0.1, 0.15) is 28.4 Å². The summed E-state index contributed by atoms with van der Waals surface area (Å²) in [5, 5.41) is 26.4. The predicted molar refractivity (Wildman–Crippen MR) is 125 cm³/mol. The van der Waals surface area contributed by atoms with Crippen molar-refractivity contribution in [2.45, 2.75) is 19.1 Å². The summed E-state index contributed by atoms with van der Waals surface area (Å²) in [6, 6.07) is 12.2. The van der Waals surface area contributed by atoms with Gasteiger partial charge in [0.2, 0.25) is 5.91 Å². The number of carbonyl (C=O) groups is 3. The molecule has 0 aromatic heterocycles. The number of rotatable bonds is 10. The maximum absolute atomic E-state index is 12.3. The second-order valence-electron chi connectivity index (χ2n) is 7.29. The van der Waals surface area contributed by atoms with Gasteiger partial charge in [0.05, 0.1) is 19.3 Å². The van der Waals surface area contributed by atoms with Gasteiger partial charge < -0.3 is 25.8 Å². The molecule has 0 fully saturated rings. The number of aliphatic hydroxyl groups excluding tert-OH is 1. The van der Waals surface area contributed by atoms with Crippen LogP contribution in [0.25, 0.3) is 0 Å². The van der Waals surface area contributed by atoms with Gasteiger partial charge in [-0.25, -0.2) is 5.48 Å². The Kier molecular flexibility index (Phi) is 10.7. The molecule has 2 atom stereocenters. The summed E-state index contributed by atoms with van der Waals surface area (Å²) in [5.74, 6) is 4.33. The molecule has 6 N–H and O–H groups in total. The van der Waals surface area contributed by atoms with Crippen LogP contribution in [-0.4, -0.2) is 67.0 Å². The van der Waals surface area contributed by atoms with E-state index in [-0.39, 0.29) is 18.0 Å². The van der Waals surface area contributed by atoms with Crippen LogP contribution in [0.5, 0.6) is 0 Å². The Morgan fingerprint density at radius 2 is 1.59 bits per heavy atom. The van der Waals surface area contributed by atoms with Crippen molar-refractivity contribution in [3.05, 3.63) is 65.2 Å². The lowest BCUT2D eigenvalue weighted by atomic mass is 10.1. The van der Waals surface area contributed by atoms with Crippen molar-refractivity contribution in [1.82, 2.24) is 16.1 Å². The first-order valence-corrected chi connectivity index (χ1v) is 10.5. The summed E-state index contributed by atoms with van der Waals surface area (Å²) in [4.78, 5) is 35.7. The van der Waals surface area contributed by atoms with Crippen LogP contribution in [0.4, 0.5) is 5.69 Å². The van der Waals surface area contributed by atoms with Crippen molar-refractivity contribution in [2.75, 3.05) is 32.1 Å². The number of hydrogen-bond donors (Lipinski definition) is 6. The molecule has 0 bridgehead atoms. The van der Waals surface area contributed by atoms with E-state index in [4.69, 9.17) is 9.94 Å². The number of methoxy groups -OCH3 is 1. The maximum Gasteiger partial charge on any atom is 0.268 e. The molecule has 34 heavy (non-hydrogen) atoms. The molecule has 3 amide bonds. The van der Waals surface area contributed by atoms with Gasteiger partial charge in [-0.2, -0.15) is 0 Å². The summed E-state index contributed by atoms with van der Waals surface area (Å²) in [7, 11) is 1.60. The molecule has 0 heterocycles. The van der Waals surface area contributed by atoms with E-state index in [1.807, 2.05) is 0 Å². The maximum atomic E-state index is 12.3. The number of aliphatic hydroxyl groups is 1. The molecule has 0 aliphatic rings. The first kappa shape index (κ1) is 26.5. The standard InChI is InChI=1S/C24H28N4O6/c1-16(29)22(24(32)28-33)27-23(31)19-9-5-17(6-10-19)3-4-18-7-11-20(12-8-18)26-21(30)15-25-13-14-34-2/h5-12,16,22,25,29,33H,13-15H2,1-2H3,(H,26,30)(H,27,31)(H,28,32)/t16-,22+/m1/s1. The summed E-state index contributed by atoms with van der Waals surface area (Å²) >= 11 is 0. The van der Waals surface area contributed by atoms with E-state index in [1.165, 1.54) is 24.5 Å². The second-order valence-corrected chi connectivity index (χ2v) is 7.29. The monoisotopic (exact) mass is 468 g/mol. The third-order valence-electron chi connectivity index (χ3n) is 4.60. The van der Waals surface area contributed by atoms with E-state index >= 15 is 0 Å². The third-order valence-corrected chi connectivity index (χ3v) is 4.60. The fourth-order valence-electron chi connectivity index (χ4n) is 2.77. The average Bonchev–Trinajstić information content (AvgIpc) is 2.84. The van der Waals surface area contributed by atoms with E-state index < -0.39 is 24.0 Å². The van der Waals surface area contributed by atoms with Crippen molar-refractivity contribution in [1.29, 1.82) is 0 Å². The van der Waals surface area contributed by atoms with Crippen LogP contribution in [0.2, 0.25) is 0 Å². The summed E-state index contributed by atoms with van der Waals surface area (Å²) in [6.07, 6.45) is -1.20. The topological polar surface area (TPSA) is 149 Å². The van der Waals surface area contributed by atoms with Gasteiger partial charge in [0.15, 0.2) is 0 Å². The first-order valence-electron chi connectivity index (χ1n) is 10.5. The second kappa shape index (κ2) is 13.7. The minimum atomic E-state index is -1.29. The van der Waals surface area contributed by atoms with Crippen LogP contribution in [0.15, 0.2) is 48.5 Å². The average molecular weight is 469 g/mol. The smallest absolute Gasteiger partial charge is 0.268 e. The Bertz CT molecular complexity index is 1030. The number of amides is 3. The fraction of sp³-hybridized carbons (Fsp3) is 0.292. The van der Waals surface area contributed by atoms with E-state index in [0.717, 1.165) is 5.56 Å².